The number of hydrogen-bond acceptors (Lipinski definition) is 2. The molecular weight excluding hydrogens is 285 g/mol. The van der Waals surface area contributed by atoms with Gasteiger partial charge < -0.3 is 10.4 Å². The zero-order valence-corrected chi connectivity index (χ0v) is 11.6. The summed E-state index contributed by atoms with van der Waals surface area (Å²) in [5, 5.41) is 11.3. The van der Waals surface area contributed by atoms with Crippen LogP contribution in [0, 0.1) is 5.82 Å². The molecule has 0 fully saturated rings. The first-order chi connectivity index (χ1) is 10.5. The summed E-state index contributed by atoms with van der Waals surface area (Å²) in [5.74, 6) is -1.71. The zero-order chi connectivity index (χ0) is 15.9. The van der Waals surface area contributed by atoms with Crippen LogP contribution in [0.4, 0.5) is 10.1 Å². The number of nitrogens with one attached hydrogen (secondary N) is 1. The SMILES string of the molecule is O=C(O)Cc1ccc(NC(=O)C=Cc2ccccc2F)cc1. The third-order valence-corrected chi connectivity index (χ3v) is 2.90. The van der Waals surface area contributed by atoms with Crippen molar-refractivity contribution >= 4 is 23.6 Å². The first-order valence-corrected chi connectivity index (χ1v) is 6.59. The van der Waals surface area contributed by atoms with Crippen molar-refractivity contribution < 1.29 is 19.1 Å². The maximum absolute atomic E-state index is 13.4. The zero-order valence-electron chi connectivity index (χ0n) is 11.6. The molecule has 0 radical (unpaired) electrons. The summed E-state index contributed by atoms with van der Waals surface area (Å²) in [4.78, 5) is 22.3. The van der Waals surface area contributed by atoms with Crippen molar-refractivity contribution in [2.45, 2.75) is 6.42 Å². The van der Waals surface area contributed by atoms with E-state index >= 15 is 0 Å². The molecule has 0 atom stereocenters. The second-order valence-electron chi connectivity index (χ2n) is 4.61. The third kappa shape index (κ3) is 4.56. The van der Waals surface area contributed by atoms with Gasteiger partial charge in [0.25, 0.3) is 0 Å². The van der Waals surface area contributed by atoms with E-state index in [4.69, 9.17) is 5.11 Å². The number of hydrogen-bond donors (Lipinski definition) is 2. The predicted octanol–water partition coefficient (Wildman–Crippen LogP) is 3.10. The first kappa shape index (κ1) is 15.4. The van der Waals surface area contributed by atoms with Crippen molar-refractivity contribution in [2.75, 3.05) is 5.32 Å². The van der Waals surface area contributed by atoms with Gasteiger partial charge in [-0.05, 0) is 29.8 Å². The molecule has 0 heterocycles. The second kappa shape index (κ2) is 7.17. The molecule has 0 saturated heterocycles. The molecule has 112 valence electrons. The summed E-state index contributed by atoms with van der Waals surface area (Å²) in [5.41, 5.74) is 1.51. The Bertz CT molecular complexity index is 708. The number of rotatable bonds is 5. The highest BCUT2D eigenvalue weighted by Crippen LogP contribution is 2.11. The largest absolute Gasteiger partial charge is 0.481 e. The fourth-order valence-corrected chi connectivity index (χ4v) is 1.84. The van der Waals surface area contributed by atoms with E-state index < -0.39 is 17.7 Å². The summed E-state index contributed by atoms with van der Waals surface area (Å²) in [6.07, 6.45) is 2.56. The van der Waals surface area contributed by atoms with Gasteiger partial charge in [0.05, 0.1) is 6.42 Å². The van der Waals surface area contributed by atoms with Gasteiger partial charge in [-0.2, -0.15) is 0 Å². The average molecular weight is 299 g/mol. The Morgan fingerprint density at radius 2 is 1.77 bits per heavy atom. The average Bonchev–Trinajstić information content (AvgIpc) is 2.48. The van der Waals surface area contributed by atoms with E-state index in [1.807, 2.05) is 0 Å². The number of anilines is 1. The molecule has 2 aromatic rings. The molecule has 0 aliphatic heterocycles. The van der Waals surface area contributed by atoms with Crippen molar-refractivity contribution in [3.8, 4) is 0 Å². The van der Waals surface area contributed by atoms with Crippen molar-refractivity contribution in [1.82, 2.24) is 0 Å². The van der Waals surface area contributed by atoms with Gasteiger partial charge in [-0.15, -0.1) is 0 Å². The van der Waals surface area contributed by atoms with Gasteiger partial charge in [0.1, 0.15) is 5.82 Å². The van der Waals surface area contributed by atoms with E-state index in [0.717, 1.165) is 0 Å². The Morgan fingerprint density at radius 3 is 2.41 bits per heavy atom. The van der Waals surface area contributed by atoms with E-state index in [0.29, 0.717) is 16.8 Å². The quantitative estimate of drug-likeness (QED) is 0.834. The second-order valence-corrected chi connectivity index (χ2v) is 4.61. The lowest BCUT2D eigenvalue weighted by atomic mass is 10.1. The van der Waals surface area contributed by atoms with Crippen LogP contribution >= 0.6 is 0 Å². The molecule has 0 spiro atoms. The maximum Gasteiger partial charge on any atom is 0.307 e. The molecule has 0 aliphatic carbocycles. The topological polar surface area (TPSA) is 66.4 Å². The van der Waals surface area contributed by atoms with E-state index in [-0.39, 0.29) is 6.42 Å². The Balaban J connectivity index is 1.97. The lowest BCUT2D eigenvalue weighted by molar-refractivity contribution is -0.136. The lowest BCUT2D eigenvalue weighted by Crippen LogP contribution is -2.08. The number of halogens is 1. The molecule has 0 saturated carbocycles. The minimum absolute atomic E-state index is 0.0680. The predicted molar refractivity (Wildman–Crippen MR) is 81.8 cm³/mol. The Hall–Kier alpha value is -2.95. The van der Waals surface area contributed by atoms with Crippen LogP contribution in [0.1, 0.15) is 11.1 Å². The molecule has 2 rings (SSSR count). The molecule has 5 heteroatoms. The molecule has 0 aliphatic rings. The monoisotopic (exact) mass is 299 g/mol. The van der Waals surface area contributed by atoms with Gasteiger partial charge in [0, 0.05) is 17.3 Å². The van der Waals surface area contributed by atoms with Crippen LogP contribution in [0.25, 0.3) is 6.08 Å². The van der Waals surface area contributed by atoms with Crippen LogP contribution in [0.15, 0.2) is 54.6 Å². The minimum atomic E-state index is -0.912. The molecular formula is C17H14FNO3. The molecule has 0 bridgehead atoms. The summed E-state index contributed by atoms with van der Waals surface area (Å²) >= 11 is 0. The maximum atomic E-state index is 13.4. The van der Waals surface area contributed by atoms with Gasteiger partial charge in [0.2, 0.25) is 5.91 Å². The minimum Gasteiger partial charge on any atom is -0.481 e. The highest BCUT2D eigenvalue weighted by Gasteiger charge is 2.02. The molecule has 4 nitrogen and oxygen atoms in total. The van der Waals surface area contributed by atoms with Crippen molar-refractivity contribution in [3.05, 3.63) is 71.6 Å². The Kier molecular flexibility index (Phi) is 5.03. The van der Waals surface area contributed by atoms with Crippen LogP contribution in [0.3, 0.4) is 0 Å². The number of carboxylic acid groups (broad SMARTS) is 1. The van der Waals surface area contributed by atoms with Crippen LogP contribution in [0.2, 0.25) is 0 Å². The molecule has 0 aromatic heterocycles. The van der Waals surface area contributed by atoms with Gasteiger partial charge >= 0.3 is 5.97 Å². The molecule has 22 heavy (non-hydrogen) atoms. The summed E-state index contributed by atoms with van der Waals surface area (Å²) in [6.45, 7) is 0. The van der Waals surface area contributed by atoms with Crippen LogP contribution < -0.4 is 5.32 Å². The fourth-order valence-electron chi connectivity index (χ4n) is 1.84. The van der Waals surface area contributed by atoms with E-state index in [1.165, 1.54) is 18.2 Å². The molecule has 0 unspecified atom stereocenters. The number of carbonyl (C=O) groups excluding carboxylic acids is 1. The highest BCUT2D eigenvalue weighted by molar-refractivity contribution is 6.01. The highest BCUT2D eigenvalue weighted by atomic mass is 19.1. The number of carbonyl (C=O) groups is 2. The summed E-state index contributed by atoms with van der Waals surface area (Å²) in [6, 6.07) is 12.6. The van der Waals surface area contributed by atoms with Crippen LogP contribution in [-0.2, 0) is 16.0 Å². The van der Waals surface area contributed by atoms with Gasteiger partial charge in [-0.1, -0.05) is 30.3 Å². The van der Waals surface area contributed by atoms with E-state index in [1.54, 1.807) is 42.5 Å². The smallest absolute Gasteiger partial charge is 0.307 e. The molecule has 1 amide bonds. The van der Waals surface area contributed by atoms with Crippen LogP contribution in [-0.4, -0.2) is 17.0 Å². The van der Waals surface area contributed by atoms with Gasteiger partial charge in [-0.25, -0.2) is 4.39 Å². The van der Waals surface area contributed by atoms with Gasteiger partial charge in [0.15, 0.2) is 0 Å². The Morgan fingerprint density at radius 1 is 1.09 bits per heavy atom. The lowest BCUT2D eigenvalue weighted by Gasteiger charge is -2.03. The fraction of sp³-hybridized carbons (Fsp3) is 0.0588. The Labute approximate surface area is 126 Å². The van der Waals surface area contributed by atoms with Crippen molar-refractivity contribution in [3.63, 3.8) is 0 Å². The van der Waals surface area contributed by atoms with Crippen molar-refractivity contribution in [1.29, 1.82) is 0 Å². The number of benzene rings is 2. The number of amides is 1. The van der Waals surface area contributed by atoms with E-state index in [9.17, 15) is 14.0 Å². The molecule has 2 aromatic carbocycles. The van der Waals surface area contributed by atoms with E-state index in [2.05, 4.69) is 5.32 Å². The molecule has 2 N–H and O–H groups in total. The number of carboxylic acids is 1. The first-order valence-electron chi connectivity index (χ1n) is 6.59. The standard InChI is InChI=1S/C17H14FNO3/c18-15-4-2-1-3-13(15)7-10-16(20)19-14-8-5-12(6-9-14)11-17(21)22/h1-10H,11H2,(H,19,20)(H,21,22). The summed E-state index contributed by atoms with van der Waals surface area (Å²) < 4.78 is 13.4. The number of aliphatic carboxylic acids is 1. The summed E-state index contributed by atoms with van der Waals surface area (Å²) in [7, 11) is 0. The van der Waals surface area contributed by atoms with Crippen LogP contribution in [0.5, 0.6) is 0 Å². The third-order valence-electron chi connectivity index (χ3n) is 2.90. The van der Waals surface area contributed by atoms with Gasteiger partial charge in [-0.3, -0.25) is 9.59 Å². The normalized spacial score (nSPS) is 10.6. The van der Waals surface area contributed by atoms with Crippen molar-refractivity contribution in [2.24, 2.45) is 0 Å².